The maximum absolute atomic E-state index is 13.2. The summed E-state index contributed by atoms with van der Waals surface area (Å²) in [5, 5.41) is 0.315. The molecule has 2 unspecified atom stereocenters. The van der Waals surface area contributed by atoms with E-state index in [1.165, 1.54) is 37.8 Å². The zero-order chi connectivity index (χ0) is 13.0. The van der Waals surface area contributed by atoms with Gasteiger partial charge < -0.3 is 5.73 Å². The largest absolute Gasteiger partial charge is 0.327 e. The molecule has 1 aliphatic rings. The highest BCUT2D eigenvalue weighted by Crippen LogP contribution is 2.32. The third-order valence-corrected chi connectivity index (χ3v) is 4.85. The van der Waals surface area contributed by atoms with E-state index in [1.54, 1.807) is 17.8 Å². The van der Waals surface area contributed by atoms with Gasteiger partial charge in [-0.2, -0.15) is 0 Å². The standard InChI is InChI=1S/C14H19F2NS/c15-11-8-7-10(9-12(11)16)18-14-6-4-2-1-3-5-13(14)17/h7-9,13-14H,1-6,17H2. The SMILES string of the molecule is NC1CCCCCCC1Sc1ccc(F)c(F)c1. The van der Waals surface area contributed by atoms with E-state index in [1.807, 2.05) is 0 Å². The van der Waals surface area contributed by atoms with E-state index in [2.05, 4.69) is 0 Å². The zero-order valence-corrected chi connectivity index (χ0v) is 11.2. The number of halogens is 2. The van der Waals surface area contributed by atoms with E-state index in [4.69, 9.17) is 5.73 Å². The van der Waals surface area contributed by atoms with Crippen LogP contribution in [0.25, 0.3) is 0 Å². The minimum atomic E-state index is -0.790. The number of thioether (sulfide) groups is 1. The van der Waals surface area contributed by atoms with Crippen LogP contribution in [0.3, 0.4) is 0 Å². The van der Waals surface area contributed by atoms with Crippen LogP contribution < -0.4 is 5.73 Å². The second-order valence-corrected chi connectivity index (χ2v) is 6.20. The van der Waals surface area contributed by atoms with Crippen molar-refractivity contribution in [3.8, 4) is 0 Å². The first-order valence-corrected chi connectivity index (χ1v) is 7.42. The van der Waals surface area contributed by atoms with E-state index in [9.17, 15) is 8.78 Å². The highest BCUT2D eigenvalue weighted by molar-refractivity contribution is 8.00. The molecule has 0 bridgehead atoms. The first-order chi connectivity index (χ1) is 8.66. The van der Waals surface area contributed by atoms with Crippen LogP contribution in [0.5, 0.6) is 0 Å². The summed E-state index contributed by atoms with van der Waals surface area (Å²) in [5.41, 5.74) is 6.18. The van der Waals surface area contributed by atoms with Crippen LogP contribution in [0.15, 0.2) is 23.1 Å². The van der Waals surface area contributed by atoms with Gasteiger partial charge in [-0.3, -0.25) is 0 Å². The molecule has 0 spiro atoms. The van der Waals surface area contributed by atoms with Crippen molar-refractivity contribution in [1.29, 1.82) is 0 Å². The van der Waals surface area contributed by atoms with E-state index in [-0.39, 0.29) is 6.04 Å². The lowest BCUT2D eigenvalue weighted by Gasteiger charge is -2.25. The minimum Gasteiger partial charge on any atom is -0.327 e. The third kappa shape index (κ3) is 3.69. The molecule has 4 heteroatoms. The fraction of sp³-hybridized carbons (Fsp3) is 0.571. The molecule has 2 atom stereocenters. The first kappa shape index (κ1) is 13.8. The van der Waals surface area contributed by atoms with Gasteiger partial charge in [0, 0.05) is 16.2 Å². The normalized spacial score (nSPS) is 25.5. The van der Waals surface area contributed by atoms with Crippen molar-refractivity contribution in [2.24, 2.45) is 5.73 Å². The van der Waals surface area contributed by atoms with Crippen LogP contribution in [-0.4, -0.2) is 11.3 Å². The van der Waals surface area contributed by atoms with Gasteiger partial charge in [0.2, 0.25) is 0 Å². The van der Waals surface area contributed by atoms with Crippen LogP contribution in [0.4, 0.5) is 8.78 Å². The molecule has 0 saturated heterocycles. The summed E-state index contributed by atoms with van der Waals surface area (Å²) in [4.78, 5) is 0.773. The summed E-state index contributed by atoms with van der Waals surface area (Å²) >= 11 is 1.59. The van der Waals surface area contributed by atoms with Crippen molar-refractivity contribution >= 4 is 11.8 Å². The molecule has 0 radical (unpaired) electrons. The molecule has 100 valence electrons. The minimum absolute atomic E-state index is 0.156. The monoisotopic (exact) mass is 271 g/mol. The Hall–Kier alpha value is -0.610. The highest BCUT2D eigenvalue weighted by atomic mass is 32.2. The van der Waals surface area contributed by atoms with Gasteiger partial charge in [-0.1, -0.05) is 25.7 Å². The van der Waals surface area contributed by atoms with Crippen molar-refractivity contribution < 1.29 is 8.78 Å². The maximum atomic E-state index is 13.2. The van der Waals surface area contributed by atoms with Crippen molar-refractivity contribution in [2.45, 2.75) is 54.7 Å². The fourth-order valence-corrected chi connectivity index (χ4v) is 3.61. The molecule has 1 aromatic rings. The molecule has 1 aliphatic carbocycles. The van der Waals surface area contributed by atoms with E-state index in [0.29, 0.717) is 5.25 Å². The first-order valence-electron chi connectivity index (χ1n) is 6.54. The van der Waals surface area contributed by atoms with Gasteiger partial charge in [-0.05, 0) is 31.0 Å². The fourth-order valence-electron chi connectivity index (χ4n) is 2.35. The van der Waals surface area contributed by atoms with Crippen LogP contribution >= 0.6 is 11.8 Å². The number of benzene rings is 1. The molecular formula is C14H19F2NS. The summed E-state index contributed by atoms with van der Waals surface area (Å²) in [5.74, 6) is -1.57. The second kappa shape index (κ2) is 6.53. The van der Waals surface area contributed by atoms with Gasteiger partial charge in [0.15, 0.2) is 11.6 Å². The van der Waals surface area contributed by atoms with Crippen molar-refractivity contribution in [3.05, 3.63) is 29.8 Å². The van der Waals surface area contributed by atoms with Gasteiger partial charge in [0.1, 0.15) is 0 Å². The number of hydrogen-bond acceptors (Lipinski definition) is 2. The smallest absolute Gasteiger partial charge is 0.159 e. The summed E-state index contributed by atoms with van der Waals surface area (Å²) in [7, 11) is 0. The molecule has 1 nitrogen and oxygen atoms in total. The van der Waals surface area contributed by atoms with E-state index >= 15 is 0 Å². The van der Waals surface area contributed by atoms with Gasteiger partial charge in [-0.25, -0.2) is 8.78 Å². The Labute approximate surface area is 111 Å². The van der Waals surface area contributed by atoms with Crippen molar-refractivity contribution in [2.75, 3.05) is 0 Å². The average molecular weight is 271 g/mol. The van der Waals surface area contributed by atoms with E-state index < -0.39 is 11.6 Å². The second-order valence-electron chi connectivity index (χ2n) is 4.89. The van der Waals surface area contributed by atoms with Crippen LogP contribution in [0.1, 0.15) is 38.5 Å². The van der Waals surface area contributed by atoms with Crippen LogP contribution in [0, 0.1) is 11.6 Å². The average Bonchev–Trinajstić information content (AvgIpc) is 2.33. The predicted octanol–water partition coefficient (Wildman–Crippen LogP) is 4.11. The van der Waals surface area contributed by atoms with Gasteiger partial charge in [0.05, 0.1) is 0 Å². The summed E-state index contributed by atoms with van der Waals surface area (Å²) in [6, 6.07) is 4.25. The number of hydrogen-bond donors (Lipinski definition) is 1. The molecule has 1 fully saturated rings. The Kier molecular flexibility index (Phi) is 5.01. The molecule has 2 rings (SSSR count). The molecule has 0 amide bonds. The van der Waals surface area contributed by atoms with Gasteiger partial charge >= 0.3 is 0 Å². The molecule has 0 aromatic heterocycles. The number of rotatable bonds is 2. The molecule has 1 saturated carbocycles. The number of nitrogens with two attached hydrogens (primary N) is 1. The summed E-state index contributed by atoms with van der Waals surface area (Å²) in [6.45, 7) is 0. The Morgan fingerprint density at radius 1 is 1.00 bits per heavy atom. The molecule has 0 aliphatic heterocycles. The van der Waals surface area contributed by atoms with E-state index in [0.717, 1.165) is 17.7 Å². The molecule has 1 aromatic carbocycles. The van der Waals surface area contributed by atoms with Crippen LogP contribution in [-0.2, 0) is 0 Å². The maximum Gasteiger partial charge on any atom is 0.159 e. The topological polar surface area (TPSA) is 26.0 Å². The summed E-state index contributed by atoms with van der Waals surface area (Å²) in [6.07, 6.45) is 6.95. The zero-order valence-electron chi connectivity index (χ0n) is 10.4. The predicted molar refractivity (Wildman–Crippen MR) is 71.7 cm³/mol. The Morgan fingerprint density at radius 3 is 2.44 bits per heavy atom. The lowest BCUT2D eigenvalue weighted by Crippen LogP contribution is -2.33. The molecular weight excluding hydrogens is 252 g/mol. The van der Waals surface area contributed by atoms with Crippen LogP contribution in [0.2, 0.25) is 0 Å². The molecule has 18 heavy (non-hydrogen) atoms. The lowest BCUT2D eigenvalue weighted by atomic mass is 9.97. The molecule has 0 heterocycles. The highest BCUT2D eigenvalue weighted by Gasteiger charge is 2.20. The lowest BCUT2D eigenvalue weighted by molar-refractivity contribution is 0.463. The van der Waals surface area contributed by atoms with Gasteiger partial charge in [0.25, 0.3) is 0 Å². The summed E-state index contributed by atoms with van der Waals surface area (Å²) < 4.78 is 26.0. The quantitative estimate of drug-likeness (QED) is 0.876. The van der Waals surface area contributed by atoms with Gasteiger partial charge in [-0.15, -0.1) is 11.8 Å². The van der Waals surface area contributed by atoms with Crippen molar-refractivity contribution in [3.63, 3.8) is 0 Å². The molecule has 2 N–H and O–H groups in total. The van der Waals surface area contributed by atoms with Crippen molar-refractivity contribution in [1.82, 2.24) is 0 Å². The Balaban J connectivity index is 2.03. The third-order valence-electron chi connectivity index (χ3n) is 3.43. The Bertz CT molecular complexity index is 397. The Morgan fingerprint density at radius 2 is 1.72 bits per heavy atom.